The van der Waals surface area contributed by atoms with Crippen LogP contribution in [0.5, 0.6) is 0 Å². The molecule has 3 atom stereocenters. The summed E-state index contributed by atoms with van der Waals surface area (Å²) >= 11 is 0. The van der Waals surface area contributed by atoms with E-state index in [2.05, 4.69) is 24.4 Å². The summed E-state index contributed by atoms with van der Waals surface area (Å²) in [6.07, 6.45) is 7.81. The molecule has 0 spiro atoms. The summed E-state index contributed by atoms with van der Waals surface area (Å²) in [5, 5.41) is 3.33. The molecule has 3 aromatic rings. The molecule has 0 saturated heterocycles. The van der Waals surface area contributed by atoms with Gasteiger partial charge in [-0.25, -0.2) is 0 Å². The number of carbonyl (C=O) groups is 2. The number of nitrogens with zero attached hydrogens (tertiary/aromatic N) is 2. The largest absolute Gasteiger partial charge is 0.463 e. The number of aromatic nitrogens is 1. The summed E-state index contributed by atoms with van der Waals surface area (Å²) in [5.41, 5.74) is 2.44. The lowest BCUT2D eigenvalue weighted by Gasteiger charge is -2.45. The Morgan fingerprint density at radius 3 is 2.76 bits per heavy atom. The van der Waals surface area contributed by atoms with Crippen LogP contribution in [0, 0.1) is 5.92 Å². The maximum absolute atomic E-state index is 13.8. The van der Waals surface area contributed by atoms with Crippen LogP contribution < -0.4 is 5.32 Å². The highest BCUT2D eigenvalue weighted by molar-refractivity contribution is 6.02. The lowest BCUT2D eigenvalue weighted by atomic mass is 9.85. The second-order valence-electron chi connectivity index (χ2n) is 9.95. The number of hydrogen-bond acceptors (Lipinski definition) is 3. The Labute approximate surface area is 194 Å². The lowest BCUT2D eigenvalue weighted by molar-refractivity contribution is -0.134. The molecule has 3 unspecified atom stereocenters. The molecule has 5 rings (SSSR count). The van der Waals surface area contributed by atoms with Crippen molar-refractivity contribution in [3.8, 4) is 0 Å². The Bertz CT molecular complexity index is 1150. The van der Waals surface area contributed by atoms with E-state index in [0.29, 0.717) is 30.3 Å². The van der Waals surface area contributed by atoms with E-state index < -0.39 is 5.54 Å². The van der Waals surface area contributed by atoms with Gasteiger partial charge in [-0.3, -0.25) is 9.59 Å². The number of hydrogen-bond donors (Lipinski definition) is 1. The van der Waals surface area contributed by atoms with E-state index in [1.165, 1.54) is 12.0 Å². The molecular weight excluding hydrogens is 414 g/mol. The van der Waals surface area contributed by atoms with E-state index in [0.717, 1.165) is 37.6 Å². The molecule has 6 nitrogen and oxygen atoms in total. The van der Waals surface area contributed by atoms with E-state index in [9.17, 15) is 9.59 Å². The quantitative estimate of drug-likeness (QED) is 0.592. The van der Waals surface area contributed by atoms with Crippen molar-refractivity contribution < 1.29 is 14.0 Å². The summed E-state index contributed by atoms with van der Waals surface area (Å²) in [7, 11) is 0. The predicted molar refractivity (Wildman–Crippen MR) is 128 cm³/mol. The Morgan fingerprint density at radius 1 is 1.18 bits per heavy atom. The van der Waals surface area contributed by atoms with Gasteiger partial charge in [0.1, 0.15) is 11.2 Å². The van der Waals surface area contributed by atoms with Crippen molar-refractivity contribution in [3.05, 3.63) is 60.0 Å². The summed E-state index contributed by atoms with van der Waals surface area (Å²) in [6.45, 7) is 5.10. The molecular formula is C27H33N3O3. The number of furan rings is 1. The average molecular weight is 448 g/mol. The minimum Gasteiger partial charge on any atom is -0.463 e. The third-order valence-electron chi connectivity index (χ3n) is 7.66. The summed E-state index contributed by atoms with van der Waals surface area (Å²) in [5.74, 6) is 0.306. The standard InChI is InChI=1S/C27H33N3O3/c1-19-9-6-7-13-21(19)28-26(32)27(2)18-29-22-14-16-33-24(22)17-23(29)25(31)30(27)15-8-12-20-10-4-3-5-11-20/h3-5,10-11,14,16-17,19,21H,6-9,12-13,15,18H2,1-2H3,(H,28,32). The van der Waals surface area contributed by atoms with Gasteiger partial charge in [-0.15, -0.1) is 0 Å². The zero-order chi connectivity index (χ0) is 23.0. The first-order valence-corrected chi connectivity index (χ1v) is 12.2. The van der Waals surface area contributed by atoms with Crippen LogP contribution >= 0.6 is 0 Å². The third kappa shape index (κ3) is 3.96. The molecule has 2 amide bonds. The Kier molecular flexibility index (Phi) is 5.77. The summed E-state index contributed by atoms with van der Waals surface area (Å²) in [4.78, 5) is 29.3. The van der Waals surface area contributed by atoms with Crippen LogP contribution in [-0.4, -0.2) is 39.4 Å². The predicted octanol–water partition coefficient (Wildman–Crippen LogP) is 4.78. The van der Waals surface area contributed by atoms with Crippen LogP contribution in [-0.2, 0) is 17.8 Å². The topological polar surface area (TPSA) is 67.5 Å². The molecule has 0 bridgehead atoms. The maximum Gasteiger partial charge on any atom is 0.271 e. The normalized spacial score (nSPS) is 25.3. The summed E-state index contributed by atoms with van der Waals surface area (Å²) < 4.78 is 7.52. The molecule has 1 aromatic carbocycles. The number of benzene rings is 1. The Hall–Kier alpha value is -3.02. The smallest absolute Gasteiger partial charge is 0.271 e. The van der Waals surface area contributed by atoms with Gasteiger partial charge >= 0.3 is 0 Å². The van der Waals surface area contributed by atoms with Gasteiger partial charge in [0.2, 0.25) is 5.91 Å². The fraction of sp³-hybridized carbons (Fsp3) is 0.481. The van der Waals surface area contributed by atoms with Gasteiger partial charge in [-0.1, -0.05) is 50.1 Å². The molecule has 0 radical (unpaired) electrons. The second kappa shape index (κ2) is 8.73. The van der Waals surface area contributed by atoms with Crippen molar-refractivity contribution >= 4 is 22.9 Å². The number of fused-ring (bicyclic) bond motifs is 3. The Morgan fingerprint density at radius 2 is 1.97 bits per heavy atom. The molecule has 174 valence electrons. The van der Waals surface area contributed by atoms with Crippen molar-refractivity contribution in [1.29, 1.82) is 0 Å². The number of aryl methyl sites for hydroxylation is 1. The van der Waals surface area contributed by atoms with Gasteiger partial charge < -0.3 is 19.2 Å². The van der Waals surface area contributed by atoms with E-state index in [-0.39, 0.29) is 17.9 Å². The number of carbonyl (C=O) groups excluding carboxylic acids is 2. The molecule has 33 heavy (non-hydrogen) atoms. The van der Waals surface area contributed by atoms with Crippen LogP contribution in [0.1, 0.15) is 62.0 Å². The maximum atomic E-state index is 13.8. The lowest BCUT2D eigenvalue weighted by Crippen LogP contribution is -2.65. The zero-order valence-electron chi connectivity index (χ0n) is 19.5. The second-order valence-corrected chi connectivity index (χ2v) is 9.95. The van der Waals surface area contributed by atoms with E-state index in [4.69, 9.17) is 4.42 Å². The molecule has 1 saturated carbocycles. The number of nitrogens with one attached hydrogen (secondary N) is 1. The molecule has 1 N–H and O–H groups in total. The minimum absolute atomic E-state index is 0.0506. The summed E-state index contributed by atoms with van der Waals surface area (Å²) in [6, 6.07) is 14.1. The van der Waals surface area contributed by atoms with Gasteiger partial charge in [-0.05, 0) is 44.1 Å². The highest BCUT2D eigenvalue weighted by Gasteiger charge is 2.48. The molecule has 1 aliphatic heterocycles. The molecule has 2 aromatic heterocycles. The van der Waals surface area contributed by atoms with Gasteiger partial charge in [0.15, 0.2) is 5.58 Å². The Balaban J connectivity index is 1.43. The fourth-order valence-corrected chi connectivity index (χ4v) is 5.56. The highest BCUT2D eigenvalue weighted by atomic mass is 16.3. The monoisotopic (exact) mass is 447 g/mol. The van der Waals surface area contributed by atoms with Crippen molar-refractivity contribution in [1.82, 2.24) is 14.8 Å². The van der Waals surface area contributed by atoms with Crippen LogP contribution in [0.3, 0.4) is 0 Å². The third-order valence-corrected chi connectivity index (χ3v) is 7.66. The van der Waals surface area contributed by atoms with Crippen LogP contribution in [0.25, 0.3) is 11.1 Å². The van der Waals surface area contributed by atoms with Crippen molar-refractivity contribution in [2.75, 3.05) is 6.54 Å². The molecule has 1 fully saturated rings. The first-order chi connectivity index (χ1) is 16.0. The average Bonchev–Trinajstić information content (AvgIpc) is 3.41. The molecule has 6 heteroatoms. The van der Waals surface area contributed by atoms with Gasteiger partial charge in [-0.2, -0.15) is 0 Å². The minimum atomic E-state index is -0.957. The number of amides is 2. The van der Waals surface area contributed by atoms with Gasteiger partial charge in [0.05, 0.1) is 18.3 Å². The van der Waals surface area contributed by atoms with Crippen LogP contribution in [0.4, 0.5) is 0 Å². The van der Waals surface area contributed by atoms with E-state index in [1.54, 1.807) is 11.2 Å². The molecule has 3 heterocycles. The van der Waals surface area contributed by atoms with Crippen molar-refractivity contribution in [2.45, 2.75) is 70.5 Å². The first kappa shape index (κ1) is 21.8. The number of rotatable bonds is 6. The van der Waals surface area contributed by atoms with Crippen molar-refractivity contribution in [3.63, 3.8) is 0 Å². The van der Waals surface area contributed by atoms with Crippen molar-refractivity contribution in [2.24, 2.45) is 5.92 Å². The van der Waals surface area contributed by atoms with Gasteiger partial charge in [0, 0.05) is 24.7 Å². The SMILES string of the molecule is CC1CCCCC1NC(=O)C1(C)Cn2c(cc3occc32)C(=O)N1CCCc1ccccc1. The molecule has 2 aliphatic rings. The van der Waals surface area contributed by atoms with Gasteiger partial charge in [0.25, 0.3) is 5.91 Å². The van der Waals surface area contributed by atoms with E-state index in [1.807, 2.05) is 41.8 Å². The zero-order valence-corrected chi connectivity index (χ0v) is 19.5. The first-order valence-electron chi connectivity index (χ1n) is 12.2. The van der Waals surface area contributed by atoms with Crippen LogP contribution in [0.2, 0.25) is 0 Å². The van der Waals surface area contributed by atoms with E-state index >= 15 is 0 Å². The fourth-order valence-electron chi connectivity index (χ4n) is 5.56. The van der Waals surface area contributed by atoms with Crippen LogP contribution in [0.15, 0.2) is 53.1 Å². The highest BCUT2D eigenvalue weighted by Crippen LogP contribution is 2.34. The molecule has 1 aliphatic carbocycles.